The second-order valence-electron chi connectivity index (χ2n) is 9.02. The molecule has 0 aromatic heterocycles. The van der Waals surface area contributed by atoms with Gasteiger partial charge in [0.25, 0.3) is 0 Å². The molecule has 4 atom stereocenters. The number of hydrogen-bond donors (Lipinski definition) is 1. The molecule has 0 spiro atoms. The van der Waals surface area contributed by atoms with Crippen LogP contribution in [0, 0.1) is 29.6 Å². The standard InChI is InChI=1S/C21H27NO/c23-21(15-6-2-1-3-7-15,19-14-12-16-17(13-14)18(16)19)20-8-4-10-22(20)11-5-9-20/h1-3,6-7,14,16-19,23H,4-5,8-13H2/t14?,16?,17?,18?,19-,21-/m0/s1. The first-order valence-electron chi connectivity index (χ1n) is 9.79. The maximum absolute atomic E-state index is 12.5. The van der Waals surface area contributed by atoms with Crippen LogP contribution in [0.1, 0.15) is 44.1 Å². The van der Waals surface area contributed by atoms with Gasteiger partial charge >= 0.3 is 0 Å². The first-order valence-corrected chi connectivity index (χ1v) is 9.79. The topological polar surface area (TPSA) is 23.5 Å². The first kappa shape index (κ1) is 13.4. The van der Waals surface area contributed by atoms with Crippen molar-refractivity contribution in [1.29, 1.82) is 0 Å². The fourth-order valence-corrected chi connectivity index (χ4v) is 7.89. The van der Waals surface area contributed by atoms with Crippen molar-refractivity contribution in [1.82, 2.24) is 4.90 Å². The maximum Gasteiger partial charge on any atom is 0.111 e. The van der Waals surface area contributed by atoms with Gasteiger partial charge in [-0.2, -0.15) is 0 Å². The summed E-state index contributed by atoms with van der Waals surface area (Å²) in [6.45, 7) is 2.40. The second kappa shape index (κ2) is 4.21. The number of hydrogen-bond acceptors (Lipinski definition) is 2. The van der Waals surface area contributed by atoms with Crippen molar-refractivity contribution >= 4 is 0 Å². The first-order chi connectivity index (χ1) is 11.3. The molecule has 1 aromatic rings. The summed E-state index contributed by atoms with van der Waals surface area (Å²) in [6, 6.07) is 10.8. The van der Waals surface area contributed by atoms with Gasteiger partial charge in [-0.3, -0.25) is 4.90 Å². The van der Waals surface area contributed by atoms with Crippen molar-refractivity contribution in [2.24, 2.45) is 29.6 Å². The van der Waals surface area contributed by atoms with Crippen molar-refractivity contribution in [3.63, 3.8) is 0 Å². The normalized spacial score (nSPS) is 45.2. The van der Waals surface area contributed by atoms with Crippen LogP contribution < -0.4 is 0 Å². The summed E-state index contributed by atoms with van der Waals surface area (Å²) in [7, 11) is 0. The van der Waals surface area contributed by atoms with E-state index in [4.69, 9.17) is 0 Å². The van der Waals surface area contributed by atoms with Gasteiger partial charge in [0.05, 0.1) is 5.54 Å². The Bertz CT molecular complexity index is 619. The van der Waals surface area contributed by atoms with E-state index in [-0.39, 0.29) is 5.54 Å². The average Bonchev–Trinajstić information content (AvgIpc) is 3.19. The molecule has 7 rings (SSSR count). The van der Waals surface area contributed by atoms with Gasteiger partial charge in [0.15, 0.2) is 0 Å². The largest absolute Gasteiger partial charge is 0.383 e. The highest BCUT2D eigenvalue weighted by molar-refractivity contribution is 5.35. The van der Waals surface area contributed by atoms with Crippen LogP contribution in [0.5, 0.6) is 0 Å². The Balaban J connectivity index is 1.54. The Morgan fingerprint density at radius 2 is 1.65 bits per heavy atom. The van der Waals surface area contributed by atoms with Crippen LogP contribution >= 0.6 is 0 Å². The molecular formula is C21H27NO. The number of rotatable bonds is 3. The molecule has 2 aliphatic heterocycles. The van der Waals surface area contributed by atoms with E-state index in [1.165, 1.54) is 57.2 Å². The van der Waals surface area contributed by atoms with Crippen molar-refractivity contribution in [3.05, 3.63) is 35.9 Å². The Morgan fingerprint density at radius 1 is 1.00 bits per heavy atom. The van der Waals surface area contributed by atoms with E-state index in [0.717, 1.165) is 23.7 Å². The van der Waals surface area contributed by atoms with Crippen LogP contribution in [0.15, 0.2) is 30.3 Å². The molecule has 2 unspecified atom stereocenters. The summed E-state index contributed by atoms with van der Waals surface area (Å²) in [4.78, 5) is 2.67. The molecule has 1 aromatic carbocycles. The fraction of sp³-hybridized carbons (Fsp3) is 0.714. The highest BCUT2D eigenvalue weighted by atomic mass is 16.3. The third-order valence-corrected chi connectivity index (χ3v) is 8.52. The molecule has 2 heterocycles. The van der Waals surface area contributed by atoms with E-state index in [0.29, 0.717) is 5.92 Å². The van der Waals surface area contributed by atoms with Gasteiger partial charge in [-0.1, -0.05) is 30.3 Å². The molecule has 2 saturated heterocycles. The Morgan fingerprint density at radius 3 is 2.22 bits per heavy atom. The lowest BCUT2D eigenvalue weighted by atomic mass is 9.63. The van der Waals surface area contributed by atoms with Gasteiger partial charge in [0.2, 0.25) is 0 Å². The van der Waals surface area contributed by atoms with E-state index in [1.807, 2.05) is 0 Å². The molecule has 6 fully saturated rings. The van der Waals surface area contributed by atoms with E-state index >= 15 is 0 Å². The van der Waals surface area contributed by atoms with E-state index in [1.54, 1.807) is 0 Å². The molecule has 23 heavy (non-hydrogen) atoms. The lowest BCUT2D eigenvalue weighted by molar-refractivity contribution is -0.141. The number of nitrogens with zero attached hydrogens (tertiary/aromatic N) is 1. The summed E-state index contributed by atoms with van der Waals surface area (Å²) < 4.78 is 0. The van der Waals surface area contributed by atoms with Crippen LogP contribution in [-0.4, -0.2) is 28.6 Å². The van der Waals surface area contributed by atoms with Crippen molar-refractivity contribution in [2.45, 2.75) is 49.7 Å². The summed E-state index contributed by atoms with van der Waals surface area (Å²) >= 11 is 0. The van der Waals surface area contributed by atoms with E-state index in [2.05, 4.69) is 35.2 Å². The molecule has 4 saturated carbocycles. The molecule has 0 amide bonds. The van der Waals surface area contributed by atoms with E-state index < -0.39 is 5.60 Å². The maximum atomic E-state index is 12.5. The van der Waals surface area contributed by atoms with Gasteiger partial charge in [-0.05, 0) is 86.8 Å². The zero-order valence-electron chi connectivity index (χ0n) is 13.8. The molecule has 2 heteroatoms. The van der Waals surface area contributed by atoms with Gasteiger partial charge in [0, 0.05) is 0 Å². The SMILES string of the molecule is O[C@@](c1ccccc1)([C@H]1C2CC3C(C2)C31)C12CCCN1CCC2. The summed E-state index contributed by atoms with van der Waals surface area (Å²) in [5.74, 6) is 4.08. The van der Waals surface area contributed by atoms with Crippen LogP contribution in [0.25, 0.3) is 0 Å². The minimum atomic E-state index is -0.614. The number of aliphatic hydroxyl groups is 1. The van der Waals surface area contributed by atoms with E-state index in [9.17, 15) is 5.11 Å². The minimum absolute atomic E-state index is 0.0314. The van der Waals surface area contributed by atoms with Crippen LogP contribution in [-0.2, 0) is 5.60 Å². The van der Waals surface area contributed by atoms with Crippen LogP contribution in [0.3, 0.4) is 0 Å². The zero-order chi connectivity index (χ0) is 15.2. The number of benzene rings is 1. The molecule has 122 valence electrons. The zero-order valence-corrected chi connectivity index (χ0v) is 13.8. The number of fused-ring (bicyclic) bond motifs is 1. The predicted molar refractivity (Wildman–Crippen MR) is 89.8 cm³/mol. The van der Waals surface area contributed by atoms with Gasteiger partial charge in [-0.25, -0.2) is 0 Å². The monoisotopic (exact) mass is 309 g/mol. The molecule has 6 aliphatic rings. The second-order valence-corrected chi connectivity index (χ2v) is 9.02. The summed E-state index contributed by atoms with van der Waals surface area (Å²) in [6.07, 6.45) is 7.75. The van der Waals surface area contributed by atoms with Crippen LogP contribution in [0.4, 0.5) is 0 Å². The van der Waals surface area contributed by atoms with Gasteiger partial charge in [-0.15, -0.1) is 0 Å². The van der Waals surface area contributed by atoms with Crippen LogP contribution in [0.2, 0.25) is 0 Å². The fourth-order valence-electron chi connectivity index (χ4n) is 7.89. The lowest BCUT2D eigenvalue weighted by Crippen LogP contribution is -2.60. The van der Waals surface area contributed by atoms with Crippen molar-refractivity contribution in [2.75, 3.05) is 13.1 Å². The average molecular weight is 309 g/mol. The van der Waals surface area contributed by atoms with Gasteiger partial charge in [0.1, 0.15) is 5.60 Å². The molecule has 4 aliphatic carbocycles. The summed E-state index contributed by atoms with van der Waals surface area (Å²) in [5, 5.41) is 12.5. The molecule has 0 radical (unpaired) electrons. The van der Waals surface area contributed by atoms with Gasteiger partial charge < -0.3 is 5.11 Å². The molecular weight excluding hydrogens is 282 g/mol. The Hall–Kier alpha value is -0.860. The molecule has 2 nitrogen and oxygen atoms in total. The summed E-state index contributed by atoms with van der Waals surface area (Å²) in [5.41, 5.74) is 0.636. The predicted octanol–water partition coefficient (Wildman–Crippen LogP) is 3.40. The quantitative estimate of drug-likeness (QED) is 0.925. The molecule has 1 N–H and O–H groups in total. The smallest absolute Gasteiger partial charge is 0.111 e. The third-order valence-electron chi connectivity index (χ3n) is 8.52. The highest BCUT2D eigenvalue weighted by Crippen LogP contribution is 2.78. The van der Waals surface area contributed by atoms with Crippen molar-refractivity contribution in [3.8, 4) is 0 Å². The minimum Gasteiger partial charge on any atom is -0.383 e. The third kappa shape index (κ3) is 1.41. The molecule has 4 bridgehead atoms. The van der Waals surface area contributed by atoms with Crippen molar-refractivity contribution < 1.29 is 5.11 Å². The lowest BCUT2D eigenvalue weighted by Gasteiger charge is -2.52. The highest BCUT2D eigenvalue weighted by Gasteiger charge is 2.76. The Kier molecular flexibility index (Phi) is 2.46. The Labute approximate surface area is 138 Å².